The van der Waals surface area contributed by atoms with Crippen LogP contribution >= 0.6 is 0 Å². The Kier molecular flexibility index (Phi) is 5.17. The van der Waals surface area contributed by atoms with Crippen LogP contribution in [0.3, 0.4) is 0 Å². The van der Waals surface area contributed by atoms with Gasteiger partial charge in [0.15, 0.2) is 0 Å². The Morgan fingerprint density at radius 3 is 2.22 bits per heavy atom. The lowest BCUT2D eigenvalue weighted by Crippen LogP contribution is -2.39. The van der Waals surface area contributed by atoms with Crippen molar-refractivity contribution in [2.45, 2.75) is 40.3 Å². The van der Waals surface area contributed by atoms with Crippen LogP contribution in [0.4, 0.5) is 0 Å². The number of rotatable bonds is 5. The molecule has 0 aromatic heterocycles. The maximum absolute atomic E-state index is 13.2. The molecule has 1 aliphatic heterocycles. The summed E-state index contributed by atoms with van der Waals surface area (Å²) in [6.07, 6.45) is 0. The average molecular weight is 362 g/mol. The Balaban J connectivity index is 2.11. The molecule has 3 rings (SSSR count). The summed E-state index contributed by atoms with van der Waals surface area (Å²) in [6.45, 7) is 8.32. The van der Waals surface area contributed by atoms with E-state index in [4.69, 9.17) is 0 Å². The number of aryl methyl sites for hydroxylation is 2. The monoisotopic (exact) mass is 362 g/mol. The molecule has 1 aliphatic rings. The van der Waals surface area contributed by atoms with E-state index >= 15 is 0 Å². The van der Waals surface area contributed by atoms with Gasteiger partial charge in [0.2, 0.25) is 0 Å². The highest BCUT2D eigenvalue weighted by Gasteiger charge is 2.42. The van der Waals surface area contributed by atoms with Crippen LogP contribution in [0.5, 0.6) is 0 Å². The maximum atomic E-state index is 13.2. The fourth-order valence-electron chi connectivity index (χ4n) is 3.63. The van der Waals surface area contributed by atoms with Gasteiger partial charge >= 0.3 is 0 Å². The molecule has 1 heterocycles. The normalized spacial score (nSPS) is 14.5. The van der Waals surface area contributed by atoms with E-state index in [-0.39, 0.29) is 17.9 Å². The number of benzene rings is 2. The molecule has 4 nitrogen and oxygen atoms in total. The summed E-state index contributed by atoms with van der Waals surface area (Å²) < 4.78 is 0. The first kappa shape index (κ1) is 18.9. The predicted octanol–water partition coefficient (Wildman–Crippen LogP) is 3.92. The highest BCUT2D eigenvalue weighted by molar-refractivity contribution is 6.35. The Hall–Kier alpha value is -2.88. The second kappa shape index (κ2) is 7.39. The SMILES string of the molecule is Cc1ccc(C2=C(N(C)Cc3ccccc3)C(=O)N(C(C)C)C2=O)c(C)c1. The minimum absolute atomic E-state index is 0.187. The molecule has 0 radical (unpaired) electrons. The third kappa shape index (κ3) is 3.52. The van der Waals surface area contributed by atoms with Gasteiger partial charge in [-0.3, -0.25) is 14.5 Å². The molecule has 0 aliphatic carbocycles. The molecular weight excluding hydrogens is 336 g/mol. The maximum Gasteiger partial charge on any atom is 0.278 e. The topological polar surface area (TPSA) is 40.6 Å². The highest BCUT2D eigenvalue weighted by Crippen LogP contribution is 2.34. The third-order valence-electron chi connectivity index (χ3n) is 4.90. The van der Waals surface area contributed by atoms with Crippen molar-refractivity contribution in [2.75, 3.05) is 7.05 Å². The number of likely N-dealkylation sites (N-methyl/N-ethyl adjacent to an activating group) is 1. The zero-order chi connectivity index (χ0) is 19.7. The molecule has 2 aromatic rings. The molecule has 0 spiro atoms. The minimum Gasteiger partial charge on any atom is -0.365 e. The lowest BCUT2D eigenvalue weighted by Gasteiger charge is -2.23. The Morgan fingerprint density at radius 2 is 1.63 bits per heavy atom. The summed E-state index contributed by atoms with van der Waals surface area (Å²) in [5.74, 6) is -0.430. The predicted molar refractivity (Wildman–Crippen MR) is 108 cm³/mol. The first-order chi connectivity index (χ1) is 12.8. The molecule has 0 bridgehead atoms. The van der Waals surface area contributed by atoms with E-state index in [1.165, 1.54) is 4.90 Å². The van der Waals surface area contributed by atoms with Gasteiger partial charge in [0.25, 0.3) is 11.8 Å². The van der Waals surface area contributed by atoms with Gasteiger partial charge in [0, 0.05) is 19.6 Å². The van der Waals surface area contributed by atoms with Gasteiger partial charge in [-0.2, -0.15) is 0 Å². The van der Waals surface area contributed by atoms with Gasteiger partial charge < -0.3 is 4.90 Å². The second-order valence-corrected chi connectivity index (χ2v) is 7.46. The molecule has 2 amide bonds. The molecule has 140 valence electrons. The minimum atomic E-state index is -0.219. The summed E-state index contributed by atoms with van der Waals surface area (Å²) in [7, 11) is 1.88. The van der Waals surface area contributed by atoms with Crippen molar-refractivity contribution in [3.05, 3.63) is 76.5 Å². The Labute approximate surface area is 161 Å². The molecule has 4 heteroatoms. The van der Waals surface area contributed by atoms with Gasteiger partial charge in [-0.15, -0.1) is 0 Å². The van der Waals surface area contributed by atoms with Crippen molar-refractivity contribution in [2.24, 2.45) is 0 Å². The molecule has 0 N–H and O–H groups in total. The van der Waals surface area contributed by atoms with Crippen molar-refractivity contribution in [3.63, 3.8) is 0 Å². The van der Waals surface area contributed by atoms with Crippen LogP contribution in [-0.2, 0) is 16.1 Å². The van der Waals surface area contributed by atoms with Gasteiger partial charge in [-0.1, -0.05) is 54.1 Å². The van der Waals surface area contributed by atoms with Crippen LogP contribution in [-0.4, -0.2) is 34.7 Å². The van der Waals surface area contributed by atoms with Crippen LogP contribution in [0.1, 0.15) is 36.1 Å². The smallest absolute Gasteiger partial charge is 0.278 e. The zero-order valence-corrected chi connectivity index (χ0v) is 16.6. The molecule has 0 saturated heterocycles. The molecule has 0 saturated carbocycles. The van der Waals surface area contributed by atoms with Crippen molar-refractivity contribution in [3.8, 4) is 0 Å². The Bertz CT molecular complexity index is 913. The van der Waals surface area contributed by atoms with Crippen LogP contribution < -0.4 is 0 Å². The van der Waals surface area contributed by atoms with Gasteiger partial charge in [-0.25, -0.2) is 0 Å². The molecule has 2 aromatic carbocycles. The van der Waals surface area contributed by atoms with E-state index in [2.05, 4.69) is 0 Å². The van der Waals surface area contributed by atoms with Crippen molar-refractivity contribution in [1.29, 1.82) is 0 Å². The lowest BCUT2D eigenvalue weighted by molar-refractivity contribution is -0.139. The van der Waals surface area contributed by atoms with Crippen molar-refractivity contribution >= 4 is 17.4 Å². The highest BCUT2D eigenvalue weighted by atomic mass is 16.2. The van der Waals surface area contributed by atoms with E-state index in [0.29, 0.717) is 17.8 Å². The van der Waals surface area contributed by atoms with Crippen LogP contribution in [0.2, 0.25) is 0 Å². The van der Waals surface area contributed by atoms with Crippen molar-refractivity contribution in [1.82, 2.24) is 9.80 Å². The first-order valence-electron chi connectivity index (χ1n) is 9.26. The fraction of sp³-hybridized carbons (Fsp3) is 0.304. The summed E-state index contributed by atoms with van der Waals surface area (Å²) in [6, 6.07) is 15.8. The summed E-state index contributed by atoms with van der Waals surface area (Å²) in [5, 5.41) is 0. The molecular formula is C23H26N2O2. The zero-order valence-electron chi connectivity index (χ0n) is 16.6. The van der Waals surface area contributed by atoms with Gasteiger partial charge in [-0.05, 0) is 44.4 Å². The summed E-state index contributed by atoms with van der Waals surface area (Å²) >= 11 is 0. The van der Waals surface area contributed by atoms with Crippen molar-refractivity contribution < 1.29 is 9.59 Å². The number of amides is 2. The van der Waals surface area contributed by atoms with Gasteiger partial charge in [0.05, 0.1) is 5.57 Å². The van der Waals surface area contributed by atoms with Crippen LogP contribution in [0.15, 0.2) is 54.2 Å². The lowest BCUT2D eigenvalue weighted by atomic mass is 9.97. The van der Waals surface area contributed by atoms with Gasteiger partial charge in [0.1, 0.15) is 5.70 Å². The number of nitrogens with zero attached hydrogens (tertiary/aromatic N) is 2. The first-order valence-corrected chi connectivity index (χ1v) is 9.26. The second-order valence-electron chi connectivity index (χ2n) is 7.46. The summed E-state index contributed by atoms with van der Waals surface area (Å²) in [5.41, 5.74) is 5.04. The average Bonchev–Trinajstić information content (AvgIpc) is 2.86. The van der Waals surface area contributed by atoms with E-state index in [9.17, 15) is 9.59 Å². The molecule has 0 unspecified atom stereocenters. The number of carbonyl (C=O) groups excluding carboxylic acids is 2. The quantitative estimate of drug-likeness (QED) is 0.757. The largest absolute Gasteiger partial charge is 0.365 e. The fourth-order valence-corrected chi connectivity index (χ4v) is 3.63. The van der Waals surface area contributed by atoms with E-state index in [1.54, 1.807) is 0 Å². The number of carbonyl (C=O) groups is 2. The number of hydrogen-bond acceptors (Lipinski definition) is 3. The third-order valence-corrected chi connectivity index (χ3v) is 4.90. The number of imide groups is 1. The van der Waals surface area contributed by atoms with E-state index in [0.717, 1.165) is 22.3 Å². The Morgan fingerprint density at radius 1 is 0.963 bits per heavy atom. The van der Waals surface area contributed by atoms with Crippen LogP contribution in [0.25, 0.3) is 5.57 Å². The van der Waals surface area contributed by atoms with Crippen LogP contribution in [0, 0.1) is 13.8 Å². The molecule has 0 atom stereocenters. The standard InChI is InChI=1S/C23H26N2O2/c1-15(2)25-22(26)20(19-12-11-16(3)13-17(19)4)21(23(25)27)24(5)14-18-9-7-6-8-10-18/h6-13,15H,14H2,1-5H3. The van der Waals surface area contributed by atoms with E-state index in [1.807, 2.05) is 88.2 Å². The summed E-state index contributed by atoms with van der Waals surface area (Å²) in [4.78, 5) is 29.6. The molecule has 27 heavy (non-hydrogen) atoms. The van der Waals surface area contributed by atoms with E-state index < -0.39 is 0 Å². The number of hydrogen-bond donors (Lipinski definition) is 0. The molecule has 0 fully saturated rings.